The minimum Gasteiger partial charge on any atom is -0.103 e. The molecule has 0 aliphatic carbocycles. The van der Waals surface area contributed by atoms with E-state index in [1.165, 1.54) is 19.3 Å². The van der Waals surface area contributed by atoms with Crippen LogP contribution in [0, 0.1) is 5.92 Å². The van der Waals surface area contributed by atoms with Gasteiger partial charge in [0, 0.05) is 0 Å². The molecule has 0 nitrogen and oxygen atoms in total. The van der Waals surface area contributed by atoms with E-state index in [0.29, 0.717) is 0 Å². The molecule has 74 valence electrons. The lowest BCUT2D eigenvalue weighted by Crippen LogP contribution is -1.98. The quantitative estimate of drug-likeness (QED) is 0.360. The Balaban J connectivity index is 3.57. The van der Waals surface area contributed by atoms with Gasteiger partial charge >= 0.3 is 0 Å². The van der Waals surface area contributed by atoms with Gasteiger partial charge < -0.3 is 0 Å². The summed E-state index contributed by atoms with van der Waals surface area (Å²) in [4.78, 5) is 0. The van der Waals surface area contributed by atoms with Gasteiger partial charge in [0.25, 0.3) is 0 Å². The first-order valence-electron chi connectivity index (χ1n) is 5.17. The zero-order chi connectivity index (χ0) is 9.94. The summed E-state index contributed by atoms with van der Waals surface area (Å²) in [6.07, 6.45) is 13.3. The summed E-state index contributed by atoms with van der Waals surface area (Å²) >= 11 is 0. The van der Waals surface area contributed by atoms with Crippen LogP contribution < -0.4 is 0 Å². The molecule has 0 aliphatic rings. The average Bonchev–Trinajstić information content (AvgIpc) is 2.14. The van der Waals surface area contributed by atoms with E-state index >= 15 is 0 Å². The fourth-order valence-electron chi connectivity index (χ4n) is 1.52. The van der Waals surface area contributed by atoms with Crippen LogP contribution in [0.4, 0.5) is 0 Å². The molecule has 0 saturated carbocycles. The molecule has 0 aromatic carbocycles. The fraction of sp³-hybridized carbons (Fsp3) is 0.538. The predicted octanol–water partition coefficient (Wildman–Crippen LogP) is 4.50. The van der Waals surface area contributed by atoms with Crippen LogP contribution in [-0.4, -0.2) is 0 Å². The molecule has 0 bridgehead atoms. The minimum atomic E-state index is 0.801. The van der Waals surface area contributed by atoms with Crippen molar-refractivity contribution in [3.63, 3.8) is 0 Å². The van der Waals surface area contributed by atoms with Gasteiger partial charge in [0.2, 0.25) is 0 Å². The standard InChI is InChI=1S/C13H22/c1-4-7-9-12-13(10-6-3)11-8-5-2/h4-6,13H,1-3,7-12H2. The Hall–Kier alpha value is -0.780. The summed E-state index contributed by atoms with van der Waals surface area (Å²) < 4.78 is 0. The topological polar surface area (TPSA) is 0 Å². The maximum atomic E-state index is 3.79. The van der Waals surface area contributed by atoms with Crippen LogP contribution >= 0.6 is 0 Å². The van der Waals surface area contributed by atoms with Crippen LogP contribution in [0.5, 0.6) is 0 Å². The van der Waals surface area contributed by atoms with E-state index in [0.717, 1.165) is 25.2 Å². The van der Waals surface area contributed by atoms with Gasteiger partial charge in [-0.3, -0.25) is 0 Å². The van der Waals surface area contributed by atoms with E-state index in [-0.39, 0.29) is 0 Å². The van der Waals surface area contributed by atoms with Crippen LogP contribution in [-0.2, 0) is 0 Å². The zero-order valence-corrected chi connectivity index (χ0v) is 8.67. The highest BCUT2D eigenvalue weighted by Crippen LogP contribution is 2.19. The molecule has 0 rings (SSSR count). The van der Waals surface area contributed by atoms with Gasteiger partial charge in [-0.25, -0.2) is 0 Å². The maximum absolute atomic E-state index is 3.79. The Bertz CT molecular complexity index is 144. The van der Waals surface area contributed by atoms with Crippen LogP contribution in [0.25, 0.3) is 0 Å². The lowest BCUT2D eigenvalue weighted by molar-refractivity contribution is 0.447. The second-order valence-electron chi connectivity index (χ2n) is 3.48. The molecule has 0 radical (unpaired) electrons. The molecule has 0 aliphatic heterocycles. The Morgan fingerprint density at radius 1 is 0.846 bits per heavy atom. The van der Waals surface area contributed by atoms with Crippen molar-refractivity contribution in [2.45, 2.75) is 38.5 Å². The SMILES string of the molecule is C=CCCCC(CC=C)CCC=C. The molecule has 1 atom stereocenters. The highest BCUT2D eigenvalue weighted by atomic mass is 14.1. The second kappa shape index (κ2) is 9.31. The molecule has 0 spiro atoms. The van der Waals surface area contributed by atoms with Crippen molar-refractivity contribution in [2.24, 2.45) is 5.92 Å². The predicted molar refractivity (Wildman–Crippen MR) is 61.8 cm³/mol. The molecule has 0 fully saturated rings. The Labute approximate surface area is 83.0 Å². The molecule has 1 unspecified atom stereocenters. The smallest absolute Gasteiger partial charge is 0.0325 e. The Morgan fingerprint density at radius 2 is 1.54 bits per heavy atom. The molecule has 0 amide bonds. The molecular formula is C13H22. The molecule has 0 heterocycles. The van der Waals surface area contributed by atoms with E-state index in [1.807, 2.05) is 18.2 Å². The largest absolute Gasteiger partial charge is 0.103 e. The van der Waals surface area contributed by atoms with Crippen LogP contribution in [0.15, 0.2) is 38.0 Å². The number of allylic oxidation sites excluding steroid dienone is 3. The van der Waals surface area contributed by atoms with Crippen LogP contribution in [0.2, 0.25) is 0 Å². The average molecular weight is 178 g/mol. The van der Waals surface area contributed by atoms with Gasteiger partial charge in [0.1, 0.15) is 0 Å². The molecule has 0 saturated heterocycles. The van der Waals surface area contributed by atoms with E-state index in [9.17, 15) is 0 Å². The number of unbranched alkanes of at least 4 members (excludes halogenated alkanes) is 1. The normalized spacial score (nSPS) is 12.0. The van der Waals surface area contributed by atoms with Crippen molar-refractivity contribution in [1.82, 2.24) is 0 Å². The highest BCUT2D eigenvalue weighted by Gasteiger charge is 2.04. The number of rotatable bonds is 9. The minimum absolute atomic E-state index is 0.801. The fourth-order valence-corrected chi connectivity index (χ4v) is 1.52. The van der Waals surface area contributed by atoms with Gasteiger partial charge in [-0.2, -0.15) is 0 Å². The highest BCUT2D eigenvalue weighted by molar-refractivity contribution is 4.77. The molecule has 0 aromatic rings. The first-order chi connectivity index (χ1) is 6.35. The third-order valence-electron chi connectivity index (χ3n) is 2.30. The summed E-state index contributed by atoms with van der Waals surface area (Å²) in [7, 11) is 0. The van der Waals surface area contributed by atoms with Crippen molar-refractivity contribution < 1.29 is 0 Å². The van der Waals surface area contributed by atoms with Gasteiger partial charge in [-0.05, 0) is 44.4 Å². The van der Waals surface area contributed by atoms with Crippen molar-refractivity contribution in [1.29, 1.82) is 0 Å². The summed E-state index contributed by atoms with van der Waals surface area (Å²) in [5, 5.41) is 0. The molecule has 0 aromatic heterocycles. The first-order valence-corrected chi connectivity index (χ1v) is 5.17. The maximum Gasteiger partial charge on any atom is -0.0325 e. The number of hydrogen-bond donors (Lipinski definition) is 0. The summed E-state index contributed by atoms with van der Waals surface area (Å²) in [6.45, 7) is 11.3. The zero-order valence-electron chi connectivity index (χ0n) is 8.67. The van der Waals surface area contributed by atoms with Crippen LogP contribution in [0.1, 0.15) is 38.5 Å². The van der Waals surface area contributed by atoms with Gasteiger partial charge in [-0.1, -0.05) is 18.2 Å². The van der Waals surface area contributed by atoms with Crippen molar-refractivity contribution in [2.75, 3.05) is 0 Å². The third kappa shape index (κ3) is 7.58. The second-order valence-corrected chi connectivity index (χ2v) is 3.48. The summed E-state index contributed by atoms with van der Waals surface area (Å²) in [6, 6.07) is 0. The number of hydrogen-bond acceptors (Lipinski definition) is 0. The monoisotopic (exact) mass is 178 g/mol. The molecule has 0 heteroatoms. The van der Waals surface area contributed by atoms with Gasteiger partial charge in [0.05, 0.1) is 0 Å². The van der Waals surface area contributed by atoms with Crippen molar-refractivity contribution in [3.8, 4) is 0 Å². The van der Waals surface area contributed by atoms with Crippen LogP contribution in [0.3, 0.4) is 0 Å². The van der Waals surface area contributed by atoms with E-state index in [2.05, 4.69) is 19.7 Å². The van der Waals surface area contributed by atoms with Gasteiger partial charge in [-0.15, -0.1) is 19.7 Å². The lowest BCUT2D eigenvalue weighted by Gasteiger charge is -2.12. The molecule has 0 N–H and O–H groups in total. The first kappa shape index (κ1) is 12.2. The summed E-state index contributed by atoms with van der Waals surface area (Å²) in [5.41, 5.74) is 0. The summed E-state index contributed by atoms with van der Waals surface area (Å²) in [5.74, 6) is 0.801. The van der Waals surface area contributed by atoms with E-state index in [4.69, 9.17) is 0 Å². The Morgan fingerprint density at radius 3 is 2.08 bits per heavy atom. The van der Waals surface area contributed by atoms with E-state index < -0.39 is 0 Å². The van der Waals surface area contributed by atoms with E-state index in [1.54, 1.807) is 0 Å². The lowest BCUT2D eigenvalue weighted by atomic mass is 9.93. The third-order valence-corrected chi connectivity index (χ3v) is 2.30. The van der Waals surface area contributed by atoms with Gasteiger partial charge in [0.15, 0.2) is 0 Å². The molecule has 13 heavy (non-hydrogen) atoms. The molecular weight excluding hydrogens is 156 g/mol. The Kier molecular flexibility index (Phi) is 8.75. The van der Waals surface area contributed by atoms with Crippen molar-refractivity contribution >= 4 is 0 Å². The van der Waals surface area contributed by atoms with Crippen molar-refractivity contribution in [3.05, 3.63) is 38.0 Å².